The maximum atomic E-state index is 12.5. The lowest BCUT2D eigenvalue weighted by Crippen LogP contribution is -2.20. The van der Waals surface area contributed by atoms with E-state index in [-0.39, 0.29) is 5.75 Å². The van der Waals surface area contributed by atoms with Crippen molar-refractivity contribution < 1.29 is 13.2 Å². The SMILES string of the molecule is CCN(C)CCCOc1ccc(-c2cccc(S(=O)(=O)CC)c2)c2c1[nH]c1ncc(C)cc12. The monoisotopic (exact) mass is 465 g/mol. The minimum absolute atomic E-state index is 0.0715. The maximum Gasteiger partial charge on any atom is 0.178 e. The van der Waals surface area contributed by atoms with Crippen molar-refractivity contribution in [3.05, 3.63) is 54.2 Å². The van der Waals surface area contributed by atoms with Gasteiger partial charge < -0.3 is 14.6 Å². The molecule has 0 aliphatic heterocycles. The van der Waals surface area contributed by atoms with E-state index in [1.54, 1.807) is 25.1 Å². The van der Waals surface area contributed by atoms with Crippen LogP contribution in [0.2, 0.25) is 0 Å². The van der Waals surface area contributed by atoms with Gasteiger partial charge in [0.15, 0.2) is 9.84 Å². The van der Waals surface area contributed by atoms with Gasteiger partial charge in [-0.2, -0.15) is 0 Å². The van der Waals surface area contributed by atoms with Crippen molar-refractivity contribution in [3.8, 4) is 16.9 Å². The Morgan fingerprint density at radius 1 is 1.12 bits per heavy atom. The molecule has 0 aliphatic rings. The van der Waals surface area contributed by atoms with E-state index in [2.05, 4.69) is 34.9 Å². The number of benzene rings is 2. The lowest BCUT2D eigenvalue weighted by molar-refractivity contribution is 0.270. The van der Waals surface area contributed by atoms with E-state index < -0.39 is 9.84 Å². The predicted octanol–water partition coefficient (Wildman–Crippen LogP) is 5.21. The van der Waals surface area contributed by atoms with Crippen molar-refractivity contribution in [2.24, 2.45) is 0 Å². The maximum absolute atomic E-state index is 12.5. The quantitative estimate of drug-likeness (QED) is 0.344. The van der Waals surface area contributed by atoms with Crippen LogP contribution in [0.5, 0.6) is 5.75 Å². The Labute approximate surface area is 195 Å². The molecule has 1 N–H and O–H groups in total. The molecule has 0 saturated carbocycles. The Morgan fingerprint density at radius 2 is 1.94 bits per heavy atom. The van der Waals surface area contributed by atoms with Crippen LogP contribution < -0.4 is 4.74 Å². The van der Waals surface area contributed by atoms with Gasteiger partial charge in [-0.25, -0.2) is 13.4 Å². The van der Waals surface area contributed by atoms with Crippen molar-refractivity contribution in [2.45, 2.75) is 32.1 Å². The number of hydrogen-bond acceptors (Lipinski definition) is 5. The Kier molecular flexibility index (Phi) is 6.72. The number of fused-ring (bicyclic) bond motifs is 3. The van der Waals surface area contributed by atoms with Gasteiger partial charge in [0.2, 0.25) is 0 Å². The molecule has 0 amide bonds. The molecule has 2 aromatic carbocycles. The standard InChI is InChI=1S/C26H31N3O3S/c1-5-29(4)13-8-14-32-23-12-11-21(19-9-7-10-20(16-19)33(30,31)6-2)24-22-15-18(3)17-27-26(22)28-25(23)24/h7,9-12,15-17H,5-6,8,13-14H2,1-4H3,(H,27,28). The first-order valence-corrected chi connectivity index (χ1v) is 13.0. The molecule has 0 fully saturated rings. The third-order valence-electron chi connectivity index (χ3n) is 6.07. The molecule has 33 heavy (non-hydrogen) atoms. The van der Waals surface area contributed by atoms with Crippen LogP contribution in [-0.2, 0) is 9.84 Å². The molecule has 0 spiro atoms. The lowest BCUT2D eigenvalue weighted by atomic mass is 9.99. The molecule has 7 heteroatoms. The smallest absolute Gasteiger partial charge is 0.178 e. The highest BCUT2D eigenvalue weighted by atomic mass is 32.2. The number of aryl methyl sites for hydroxylation is 1. The highest BCUT2D eigenvalue weighted by molar-refractivity contribution is 7.91. The Morgan fingerprint density at radius 3 is 2.70 bits per heavy atom. The number of nitrogens with zero attached hydrogens (tertiary/aromatic N) is 2. The number of ether oxygens (including phenoxy) is 1. The molecule has 0 saturated heterocycles. The van der Waals surface area contributed by atoms with Gasteiger partial charge in [-0.3, -0.25) is 0 Å². The largest absolute Gasteiger partial charge is 0.491 e. The van der Waals surface area contributed by atoms with Crippen molar-refractivity contribution >= 4 is 31.8 Å². The molecule has 6 nitrogen and oxygen atoms in total. The number of aromatic nitrogens is 2. The molecule has 174 valence electrons. The molecular weight excluding hydrogens is 434 g/mol. The van der Waals surface area contributed by atoms with Crippen LogP contribution in [0.4, 0.5) is 0 Å². The Balaban J connectivity index is 1.82. The second kappa shape index (κ2) is 9.53. The summed E-state index contributed by atoms with van der Waals surface area (Å²) in [5.74, 6) is 0.850. The van der Waals surface area contributed by atoms with Gasteiger partial charge in [0.25, 0.3) is 0 Å². The fraction of sp³-hybridized carbons (Fsp3) is 0.346. The summed E-state index contributed by atoms with van der Waals surface area (Å²) in [5.41, 5.74) is 4.54. The number of rotatable bonds is 9. The first-order chi connectivity index (χ1) is 15.8. The first kappa shape index (κ1) is 23.3. The van der Waals surface area contributed by atoms with E-state index in [9.17, 15) is 8.42 Å². The van der Waals surface area contributed by atoms with Crippen LogP contribution in [0.15, 0.2) is 53.6 Å². The third kappa shape index (κ3) is 4.75. The minimum Gasteiger partial charge on any atom is -0.491 e. The number of pyridine rings is 1. The summed E-state index contributed by atoms with van der Waals surface area (Å²) in [6, 6.07) is 13.3. The zero-order valence-electron chi connectivity index (χ0n) is 19.7. The van der Waals surface area contributed by atoms with Crippen LogP contribution in [0.1, 0.15) is 25.8 Å². The zero-order valence-corrected chi connectivity index (χ0v) is 20.5. The summed E-state index contributed by atoms with van der Waals surface area (Å²) in [7, 11) is -1.20. The molecule has 0 aliphatic carbocycles. The van der Waals surface area contributed by atoms with Gasteiger partial charge in [-0.1, -0.05) is 26.0 Å². The lowest BCUT2D eigenvalue weighted by Gasteiger charge is -2.15. The number of nitrogens with one attached hydrogen (secondary N) is 1. The van der Waals surface area contributed by atoms with Gasteiger partial charge in [0.1, 0.15) is 11.4 Å². The molecule has 0 bridgehead atoms. The van der Waals surface area contributed by atoms with E-state index in [1.165, 1.54) is 0 Å². The van der Waals surface area contributed by atoms with E-state index in [0.29, 0.717) is 11.5 Å². The highest BCUT2D eigenvalue weighted by Gasteiger charge is 2.18. The van der Waals surface area contributed by atoms with Crippen LogP contribution >= 0.6 is 0 Å². The minimum atomic E-state index is -3.30. The van der Waals surface area contributed by atoms with Crippen molar-refractivity contribution in [1.82, 2.24) is 14.9 Å². The van der Waals surface area contributed by atoms with E-state index >= 15 is 0 Å². The second-order valence-corrected chi connectivity index (χ2v) is 10.7. The molecular formula is C26H31N3O3S. The number of hydrogen-bond donors (Lipinski definition) is 1. The average Bonchev–Trinajstić information content (AvgIpc) is 3.20. The average molecular weight is 466 g/mol. The van der Waals surface area contributed by atoms with E-state index in [0.717, 1.165) is 63.9 Å². The van der Waals surface area contributed by atoms with Crippen molar-refractivity contribution in [3.63, 3.8) is 0 Å². The summed E-state index contributed by atoms with van der Waals surface area (Å²) >= 11 is 0. The van der Waals surface area contributed by atoms with Gasteiger partial charge in [0.05, 0.1) is 22.8 Å². The molecule has 0 radical (unpaired) electrons. The summed E-state index contributed by atoms with van der Waals surface area (Å²) in [5, 5.41) is 2.00. The van der Waals surface area contributed by atoms with Gasteiger partial charge in [-0.05, 0) is 74.0 Å². The van der Waals surface area contributed by atoms with Crippen molar-refractivity contribution in [1.29, 1.82) is 0 Å². The van der Waals surface area contributed by atoms with Gasteiger partial charge in [0, 0.05) is 23.5 Å². The van der Waals surface area contributed by atoms with Gasteiger partial charge >= 0.3 is 0 Å². The Hall–Kier alpha value is -2.90. The van der Waals surface area contributed by atoms with Crippen LogP contribution in [0.25, 0.3) is 33.1 Å². The topological polar surface area (TPSA) is 75.3 Å². The molecule has 2 heterocycles. The van der Waals surface area contributed by atoms with Crippen LogP contribution in [0, 0.1) is 6.92 Å². The Bertz CT molecular complexity index is 1390. The highest BCUT2D eigenvalue weighted by Crippen LogP contribution is 2.39. The normalized spacial score (nSPS) is 12.2. The zero-order chi connectivity index (χ0) is 23.6. The first-order valence-electron chi connectivity index (χ1n) is 11.4. The second-order valence-electron chi connectivity index (χ2n) is 8.42. The summed E-state index contributed by atoms with van der Waals surface area (Å²) in [4.78, 5) is 10.6. The molecule has 4 rings (SSSR count). The molecule has 0 unspecified atom stereocenters. The molecule has 4 aromatic rings. The summed E-state index contributed by atoms with van der Waals surface area (Å²) in [6.07, 6.45) is 2.77. The van der Waals surface area contributed by atoms with Crippen LogP contribution in [-0.4, -0.2) is 55.8 Å². The van der Waals surface area contributed by atoms with Crippen molar-refractivity contribution in [2.75, 3.05) is 32.5 Å². The van der Waals surface area contributed by atoms with Gasteiger partial charge in [-0.15, -0.1) is 0 Å². The molecule has 0 atom stereocenters. The summed E-state index contributed by atoms with van der Waals surface area (Å²) < 4.78 is 31.2. The number of H-pyrrole nitrogens is 1. The van der Waals surface area contributed by atoms with Crippen LogP contribution in [0.3, 0.4) is 0 Å². The molecule has 2 aromatic heterocycles. The third-order valence-corrected chi connectivity index (χ3v) is 7.80. The number of sulfone groups is 1. The van der Waals surface area contributed by atoms with E-state index in [4.69, 9.17) is 4.74 Å². The fourth-order valence-electron chi connectivity index (χ4n) is 4.02. The fourth-order valence-corrected chi connectivity index (χ4v) is 4.95. The predicted molar refractivity (Wildman–Crippen MR) is 135 cm³/mol. The summed E-state index contributed by atoms with van der Waals surface area (Å²) in [6.45, 7) is 8.43. The van der Waals surface area contributed by atoms with E-state index in [1.807, 2.05) is 31.3 Å². The number of aromatic amines is 1.